The van der Waals surface area contributed by atoms with Crippen molar-refractivity contribution in [1.82, 2.24) is 0 Å². The van der Waals surface area contributed by atoms with Gasteiger partial charge in [-0.3, -0.25) is 4.99 Å². The monoisotopic (exact) mass is 274 g/mol. The SMILES string of the molecule is CC1C=NC2=C1c1ccccc1CN(C)c1ccccc12. The smallest absolute Gasteiger partial charge is 0.0763 e. The second kappa shape index (κ2) is 4.59. The zero-order chi connectivity index (χ0) is 14.4. The normalized spacial score (nSPS) is 19.7. The number of anilines is 1. The first-order chi connectivity index (χ1) is 10.3. The summed E-state index contributed by atoms with van der Waals surface area (Å²) in [5.74, 6) is 0.373. The number of allylic oxidation sites excluding steroid dienone is 1. The average molecular weight is 274 g/mol. The van der Waals surface area contributed by atoms with Crippen LogP contribution in [-0.4, -0.2) is 13.3 Å². The molecule has 2 aliphatic rings. The molecule has 2 aromatic carbocycles. The molecular weight excluding hydrogens is 256 g/mol. The molecule has 0 amide bonds. The zero-order valence-corrected chi connectivity index (χ0v) is 12.4. The van der Waals surface area contributed by atoms with Crippen molar-refractivity contribution in [3.05, 3.63) is 65.2 Å². The van der Waals surface area contributed by atoms with Gasteiger partial charge >= 0.3 is 0 Å². The number of fused-ring (bicyclic) bond motifs is 4. The summed E-state index contributed by atoms with van der Waals surface area (Å²) in [6.45, 7) is 3.16. The number of para-hydroxylation sites is 1. The van der Waals surface area contributed by atoms with Gasteiger partial charge in [-0.05, 0) is 22.8 Å². The second-order valence-corrected chi connectivity index (χ2v) is 5.86. The molecule has 1 unspecified atom stereocenters. The number of aliphatic imine (C=N–C) groups is 1. The summed E-state index contributed by atoms with van der Waals surface area (Å²) in [5.41, 5.74) is 7.72. The molecule has 104 valence electrons. The molecule has 0 aromatic heterocycles. The molecule has 0 N–H and O–H groups in total. The molecule has 4 rings (SSSR count). The Bertz CT molecular complexity index is 771. The maximum atomic E-state index is 4.74. The first kappa shape index (κ1) is 12.4. The quantitative estimate of drug-likeness (QED) is 0.702. The fourth-order valence-corrected chi connectivity index (χ4v) is 3.40. The van der Waals surface area contributed by atoms with Crippen LogP contribution in [0.2, 0.25) is 0 Å². The summed E-state index contributed by atoms with van der Waals surface area (Å²) in [6, 6.07) is 17.3. The number of nitrogens with zero attached hydrogens (tertiary/aromatic N) is 2. The molecule has 1 atom stereocenters. The highest BCUT2D eigenvalue weighted by atomic mass is 15.1. The lowest BCUT2D eigenvalue weighted by Crippen LogP contribution is -2.20. The van der Waals surface area contributed by atoms with Gasteiger partial charge in [0.25, 0.3) is 0 Å². The lowest BCUT2D eigenvalue weighted by molar-refractivity contribution is 0.910. The number of hydrogen-bond acceptors (Lipinski definition) is 2. The van der Waals surface area contributed by atoms with Crippen molar-refractivity contribution in [1.29, 1.82) is 0 Å². The highest BCUT2D eigenvalue weighted by Gasteiger charge is 2.27. The maximum absolute atomic E-state index is 4.74. The molecule has 2 aromatic rings. The number of rotatable bonds is 0. The first-order valence-electron chi connectivity index (χ1n) is 7.43. The largest absolute Gasteiger partial charge is 0.370 e. The van der Waals surface area contributed by atoms with Crippen LogP contribution in [0.3, 0.4) is 0 Å². The van der Waals surface area contributed by atoms with Crippen molar-refractivity contribution in [3.63, 3.8) is 0 Å². The highest BCUT2D eigenvalue weighted by Crippen LogP contribution is 2.43. The minimum absolute atomic E-state index is 0.373. The molecule has 2 aliphatic heterocycles. The van der Waals surface area contributed by atoms with Crippen LogP contribution < -0.4 is 4.90 Å². The average Bonchev–Trinajstić information content (AvgIpc) is 2.88. The maximum Gasteiger partial charge on any atom is 0.0763 e. The minimum atomic E-state index is 0.373. The molecule has 2 heteroatoms. The van der Waals surface area contributed by atoms with E-state index in [0.717, 1.165) is 12.2 Å². The minimum Gasteiger partial charge on any atom is -0.370 e. The van der Waals surface area contributed by atoms with Gasteiger partial charge in [-0.2, -0.15) is 0 Å². The van der Waals surface area contributed by atoms with E-state index in [9.17, 15) is 0 Å². The van der Waals surface area contributed by atoms with E-state index in [-0.39, 0.29) is 0 Å². The zero-order valence-electron chi connectivity index (χ0n) is 12.4. The molecule has 0 saturated carbocycles. The molecule has 2 nitrogen and oxygen atoms in total. The summed E-state index contributed by atoms with van der Waals surface area (Å²) >= 11 is 0. The van der Waals surface area contributed by atoms with E-state index in [1.165, 1.54) is 28.0 Å². The van der Waals surface area contributed by atoms with Crippen molar-refractivity contribution in [2.24, 2.45) is 10.9 Å². The van der Waals surface area contributed by atoms with Crippen LogP contribution in [0.1, 0.15) is 23.6 Å². The van der Waals surface area contributed by atoms with Crippen LogP contribution in [0.5, 0.6) is 0 Å². The summed E-state index contributed by atoms with van der Waals surface area (Å²) in [6.07, 6.45) is 2.07. The molecule has 0 spiro atoms. The second-order valence-electron chi connectivity index (χ2n) is 5.86. The summed E-state index contributed by atoms with van der Waals surface area (Å²) in [4.78, 5) is 7.06. The fraction of sp³-hybridized carbons (Fsp3) is 0.211. The van der Waals surface area contributed by atoms with Crippen molar-refractivity contribution in [2.75, 3.05) is 11.9 Å². The first-order valence-corrected chi connectivity index (χ1v) is 7.43. The van der Waals surface area contributed by atoms with Gasteiger partial charge in [-0.15, -0.1) is 0 Å². The molecule has 0 fully saturated rings. The van der Waals surface area contributed by atoms with Gasteiger partial charge in [0.2, 0.25) is 0 Å². The molecule has 0 bridgehead atoms. The van der Waals surface area contributed by atoms with E-state index in [1.54, 1.807) is 0 Å². The Labute approximate surface area is 125 Å². The van der Waals surface area contributed by atoms with E-state index in [2.05, 4.69) is 73.6 Å². The van der Waals surface area contributed by atoms with E-state index in [1.807, 2.05) is 0 Å². The van der Waals surface area contributed by atoms with Gasteiger partial charge in [0.15, 0.2) is 0 Å². The van der Waals surface area contributed by atoms with Crippen molar-refractivity contribution in [3.8, 4) is 0 Å². The van der Waals surface area contributed by atoms with Crippen molar-refractivity contribution >= 4 is 23.2 Å². The van der Waals surface area contributed by atoms with E-state index < -0.39 is 0 Å². The summed E-state index contributed by atoms with van der Waals surface area (Å²) in [5, 5.41) is 0. The lowest BCUT2D eigenvalue weighted by Gasteiger charge is -2.27. The van der Waals surface area contributed by atoms with Crippen LogP contribution in [0, 0.1) is 5.92 Å². The highest BCUT2D eigenvalue weighted by molar-refractivity contribution is 6.06. The van der Waals surface area contributed by atoms with E-state index >= 15 is 0 Å². The molecule has 0 saturated heterocycles. The van der Waals surface area contributed by atoms with Gasteiger partial charge < -0.3 is 4.90 Å². The Hall–Kier alpha value is -2.35. The van der Waals surface area contributed by atoms with Crippen LogP contribution >= 0.6 is 0 Å². The standard InChI is InChI=1S/C19H18N2/c1-13-11-20-19-16-9-5-6-10-17(16)21(2)12-14-7-3-4-8-15(14)18(13)19/h3-11,13H,12H2,1-2H3. The van der Waals surface area contributed by atoms with Gasteiger partial charge in [0, 0.05) is 37.0 Å². The summed E-state index contributed by atoms with van der Waals surface area (Å²) < 4.78 is 0. The Morgan fingerprint density at radius 1 is 1.00 bits per heavy atom. The Morgan fingerprint density at radius 3 is 2.57 bits per heavy atom. The third-order valence-electron chi connectivity index (χ3n) is 4.42. The lowest BCUT2D eigenvalue weighted by atomic mass is 9.88. The Morgan fingerprint density at radius 2 is 1.71 bits per heavy atom. The predicted octanol–water partition coefficient (Wildman–Crippen LogP) is 4.23. The Balaban J connectivity index is 2.07. The van der Waals surface area contributed by atoms with Crippen LogP contribution in [-0.2, 0) is 6.54 Å². The van der Waals surface area contributed by atoms with Crippen molar-refractivity contribution < 1.29 is 0 Å². The summed E-state index contributed by atoms with van der Waals surface area (Å²) in [7, 11) is 2.16. The molecule has 2 heterocycles. The topological polar surface area (TPSA) is 15.6 Å². The number of benzene rings is 2. The van der Waals surface area contributed by atoms with Gasteiger partial charge in [-0.25, -0.2) is 0 Å². The predicted molar refractivity (Wildman–Crippen MR) is 89.5 cm³/mol. The van der Waals surface area contributed by atoms with Gasteiger partial charge in [0.05, 0.1) is 5.70 Å². The van der Waals surface area contributed by atoms with Crippen LogP contribution in [0.25, 0.3) is 11.3 Å². The molecule has 0 radical (unpaired) electrons. The van der Waals surface area contributed by atoms with Gasteiger partial charge in [0.1, 0.15) is 0 Å². The Kier molecular flexibility index (Phi) is 2.71. The van der Waals surface area contributed by atoms with E-state index in [0.29, 0.717) is 5.92 Å². The van der Waals surface area contributed by atoms with Crippen LogP contribution in [0.15, 0.2) is 53.5 Å². The third kappa shape index (κ3) is 1.83. The molecular formula is C19H18N2. The van der Waals surface area contributed by atoms with Crippen molar-refractivity contribution in [2.45, 2.75) is 13.5 Å². The third-order valence-corrected chi connectivity index (χ3v) is 4.42. The van der Waals surface area contributed by atoms with E-state index in [4.69, 9.17) is 4.99 Å². The van der Waals surface area contributed by atoms with Crippen LogP contribution in [0.4, 0.5) is 5.69 Å². The molecule has 21 heavy (non-hydrogen) atoms. The number of hydrogen-bond donors (Lipinski definition) is 0. The fourth-order valence-electron chi connectivity index (χ4n) is 3.40. The molecule has 0 aliphatic carbocycles. The van der Waals surface area contributed by atoms with Gasteiger partial charge in [-0.1, -0.05) is 49.4 Å².